The summed E-state index contributed by atoms with van der Waals surface area (Å²) < 4.78 is 52.4. The molecule has 1 unspecified atom stereocenters. The minimum Gasteiger partial charge on any atom is -0.271 e. The molecule has 0 aromatic heterocycles. The van der Waals surface area contributed by atoms with Crippen molar-refractivity contribution in [1.82, 2.24) is 0 Å². The molecule has 0 bridgehead atoms. The molecule has 2 atom stereocenters. The molecule has 2 rings (SSSR count). The fourth-order valence-corrected chi connectivity index (χ4v) is 3.85. The number of nitrogens with zero attached hydrogens (tertiary/aromatic N) is 1. The summed E-state index contributed by atoms with van der Waals surface area (Å²) in [5.41, 5.74) is -2.33. The Hall–Kier alpha value is -1.37. The Kier molecular flexibility index (Phi) is 4.87. The molecule has 0 saturated heterocycles. The van der Waals surface area contributed by atoms with Crippen molar-refractivity contribution in [3.63, 3.8) is 0 Å². The molecule has 0 fully saturated rings. The lowest BCUT2D eigenvalue weighted by molar-refractivity contribution is -0.138. The number of rotatable bonds is 4. The first-order valence-corrected chi connectivity index (χ1v) is 8.34. The molecular formula is C17H19F4NOS. The van der Waals surface area contributed by atoms with Crippen LogP contribution in [-0.2, 0) is 11.0 Å². The van der Waals surface area contributed by atoms with Gasteiger partial charge in [-0.2, -0.15) is 13.2 Å². The van der Waals surface area contributed by atoms with Crippen LogP contribution in [0.15, 0.2) is 29.3 Å². The number of benzene rings is 1. The van der Waals surface area contributed by atoms with Gasteiger partial charge in [-0.1, -0.05) is 36.9 Å². The molecule has 1 heterocycles. The van der Waals surface area contributed by atoms with Crippen molar-refractivity contribution in [3.8, 4) is 0 Å². The summed E-state index contributed by atoms with van der Waals surface area (Å²) >= 11 is 1.01. The Morgan fingerprint density at radius 2 is 1.79 bits per heavy atom. The van der Waals surface area contributed by atoms with Crippen molar-refractivity contribution in [2.24, 2.45) is 4.99 Å². The maximum atomic E-state index is 14.3. The minimum absolute atomic E-state index is 0.147. The van der Waals surface area contributed by atoms with Crippen LogP contribution in [0.25, 0.3) is 0 Å². The average Bonchev–Trinajstić information content (AvgIpc) is 2.73. The zero-order valence-corrected chi connectivity index (χ0v) is 14.7. The van der Waals surface area contributed by atoms with Gasteiger partial charge in [-0.05, 0) is 38.3 Å². The second kappa shape index (κ2) is 6.17. The van der Waals surface area contributed by atoms with E-state index in [-0.39, 0.29) is 12.0 Å². The lowest BCUT2D eigenvalue weighted by Gasteiger charge is -2.31. The molecule has 132 valence electrons. The molecule has 0 radical (unpaired) electrons. The number of thioether (sulfide) groups is 1. The van der Waals surface area contributed by atoms with Gasteiger partial charge in [0, 0.05) is 6.42 Å². The minimum atomic E-state index is -4.44. The lowest BCUT2D eigenvalue weighted by atomic mass is 9.92. The number of carbonyl (C=O) groups is 1. The molecule has 24 heavy (non-hydrogen) atoms. The monoisotopic (exact) mass is 361 g/mol. The Labute approximate surface area is 142 Å². The van der Waals surface area contributed by atoms with E-state index in [2.05, 4.69) is 4.99 Å². The van der Waals surface area contributed by atoms with E-state index < -0.39 is 34.0 Å². The van der Waals surface area contributed by atoms with E-state index in [0.29, 0.717) is 5.04 Å². The molecule has 1 amide bonds. The van der Waals surface area contributed by atoms with Crippen molar-refractivity contribution in [3.05, 3.63) is 35.4 Å². The van der Waals surface area contributed by atoms with Gasteiger partial charge in [0.1, 0.15) is 10.4 Å². The number of amides is 1. The highest BCUT2D eigenvalue weighted by molar-refractivity contribution is 8.16. The Bertz CT molecular complexity index is 678. The Balaban J connectivity index is 2.23. The topological polar surface area (TPSA) is 29.4 Å². The van der Waals surface area contributed by atoms with Crippen LogP contribution in [0.5, 0.6) is 0 Å². The average molecular weight is 361 g/mol. The van der Waals surface area contributed by atoms with Gasteiger partial charge in [0.25, 0.3) is 5.91 Å². The molecule has 0 saturated carbocycles. The largest absolute Gasteiger partial charge is 0.416 e. The SMILES string of the molecule is C[C@H](CC1=NC(=O)C(C)(C(C)(C)F)S1)c1ccccc1C(F)(F)F. The van der Waals surface area contributed by atoms with Gasteiger partial charge in [-0.25, -0.2) is 9.38 Å². The number of carbonyl (C=O) groups excluding carboxylic acids is 1. The van der Waals surface area contributed by atoms with Crippen molar-refractivity contribution < 1.29 is 22.4 Å². The van der Waals surface area contributed by atoms with E-state index in [1.54, 1.807) is 13.0 Å². The van der Waals surface area contributed by atoms with Crippen LogP contribution in [0.3, 0.4) is 0 Å². The molecule has 1 aromatic carbocycles. The number of halogens is 4. The van der Waals surface area contributed by atoms with Crippen molar-refractivity contribution in [1.29, 1.82) is 0 Å². The van der Waals surface area contributed by atoms with Crippen LogP contribution in [-0.4, -0.2) is 21.4 Å². The molecular weight excluding hydrogens is 342 g/mol. The third-order valence-corrected chi connectivity index (χ3v) is 5.93. The van der Waals surface area contributed by atoms with Gasteiger partial charge in [0.2, 0.25) is 0 Å². The molecule has 0 spiro atoms. The van der Waals surface area contributed by atoms with Gasteiger partial charge < -0.3 is 0 Å². The van der Waals surface area contributed by atoms with Gasteiger partial charge in [-0.15, -0.1) is 0 Å². The van der Waals surface area contributed by atoms with Gasteiger partial charge in [0.15, 0.2) is 0 Å². The number of aliphatic imine (C=N–C) groups is 1. The quantitative estimate of drug-likeness (QED) is 0.674. The number of alkyl halides is 4. The standard InChI is InChI=1S/C17H19F4NOS/c1-10(11-7-5-6-8-12(11)17(19,20)21)9-13-22-14(23)16(4,24-13)15(2,3)18/h5-8,10H,9H2,1-4H3/t10-,16?/m1/s1. The van der Waals surface area contributed by atoms with E-state index in [1.165, 1.54) is 32.9 Å². The van der Waals surface area contributed by atoms with E-state index in [4.69, 9.17) is 0 Å². The zero-order valence-electron chi connectivity index (χ0n) is 13.9. The van der Waals surface area contributed by atoms with Crippen molar-refractivity contribution >= 4 is 22.7 Å². The smallest absolute Gasteiger partial charge is 0.271 e. The summed E-state index contributed by atoms with van der Waals surface area (Å²) in [5, 5.41) is 0.373. The van der Waals surface area contributed by atoms with Crippen LogP contribution in [0.4, 0.5) is 17.6 Å². The fraction of sp³-hybridized carbons (Fsp3) is 0.529. The molecule has 1 aromatic rings. The fourth-order valence-electron chi connectivity index (χ4n) is 2.54. The van der Waals surface area contributed by atoms with Crippen molar-refractivity contribution in [2.45, 2.75) is 56.6 Å². The van der Waals surface area contributed by atoms with Crippen LogP contribution < -0.4 is 0 Å². The second-order valence-electron chi connectivity index (χ2n) is 6.61. The van der Waals surface area contributed by atoms with Crippen LogP contribution in [0.1, 0.15) is 51.2 Å². The Morgan fingerprint density at radius 1 is 1.21 bits per heavy atom. The third-order valence-electron chi connectivity index (χ3n) is 4.37. The summed E-state index contributed by atoms with van der Waals surface area (Å²) in [6.07, 6.45) is -4.28. The molecule has 1 aliphatic heterocycles. The normalized spacial score (nSPS) is 23.3. The predicted molar refractivity (Wildman–Crippen MR) is 88.1 cm³/mol. The summed E-state index contributed by atoms with van der Waals surface area (Å²) in [7, 11) is 0. The third kappa shape index (κ3) is 3.50. The Morgan fingerprint density at radius 3 is 2.29 bits per heavy atom. The highest BCUT2D eigenvalue weighted by Crippen LogP contribution is 2.46. The zero-order chi connectivity index (χ0) is 18.3. The second-order valence-corrected chi connectivity index (χ2v) is 8.10. The summed E-state index contributed by atoms with van der Waals surface area (Å²) in [6, 6.07) is 5.35. The van der Waals surface area contributed by atoms with E-state index >= 15 is 0 Å². The number of hydrogen-bond donors (Lipinski definition) is 0. The van der Waals surface area contributed by atoms with E-state index in [0.717, 1.165) is 17.8 Å². The first-order chi connectivity index (χ1) is 10.9. The molecule has 1 aliphatic rings. The van der Waals surface area contributed by atoms with Crippen molar-refractivity contribution in [2.75, 3.05) is 0 Å². The summed E-state index contributed by atoms with van der Waals surface area (Å²) in [6.45, 7) is 5.73. The lowest BCUT2D eigenvalue weighted by Crippen LogP contribution is -2.45. The maximum Gasteiger partial charge on any atom is 0.416 e. The molecule has 0 aliphatic carbocycles. The molecule has 2 nitrogen and oxygen atoms in total. The number of hydrogen-bond acceptors (Lipinski definition) is 2. The predicted octanol–water partition coefficient (Wildman–Crippen LogP) is 5.38. The summed E-state index contributed by atoms with van der Waals surface area (Å²) in [4.78, 5) is 16.0. The van der Waals surface area contributed by atoms with Gasteiger partial charge in [-0.3, -0.25) is 4.79 Å². The molecule has 0 N–H and O–H groups in total. The van der Waals surface area contributed by atoms with E-state index in [9.17, 15) is 22.4 Å². The maximum absolute atomic E-state index is 14.3. The summed E-state index contributed by atoms with van der Waals surface area (Å²) in [5.74, 6) is -1.07. The van der Waals surface area contributed by atoms with E-state index in [1.807, 2.05) is 0 Å². The molecule has 7 heteroatoms. The first kappa shape index (κ1) is 19.0. The highest BCUT2D eigenvalue weighted by atomic mass is 32.2. The van der Waals surface area contributed by atoms with Crippen LogP contribution in [0.2, 0.25) is 0 Å². The van der Waals surface area contributed by atoms with Crippen LogP contribution in [0, 0.1) is 0 Å². The van der Waals surface area contributed by atoms with Gasteiger partial charge in [0.05, 0.1) is 10.6 Å². The first-order valence-electron chi connectivity index (χ1n) is 7.52. The van der Waals surface area contributed by atoms with Gasteiger partial charge >= 0.3 is 6.18 Å². The highest BCUT2D eigenvalue weighted by Gasteiger charge is 2.53. The van der Waals surface area contributed by atoms with Crippen LogP contribution >= 0.6 is 11.8 Å².